The van der Waals surface area contributed by atoms with Crippen LogP contribution in [0.4, 0.5) is 4.39 Å². The molecule has 1 atom stereocenters. The second-order valence-electron chi connectivity index (χ2n) is 4.09. The molecule has 1 aliphatic heterocycles. The van der Waals surface area contributed by atoms with Crippen molar-refractivity contribution in [2.24, 2.45) is 0 Å². The minimum Gasteiger partial charge on any atom is -0.301 e. The van der Waals surface area contributed by atoms with E-state index in [1.807, 2.05) is 6.92 Å². The molecular formula is C12H14FNO. The molecule has 1 saturated heterocycles. The predicted octanol–water partition coefficient (Wildman–Crippen LogP) is 1.99. The van der Waals surface area contributed by atoms with E-state index >= 15 is 0 Å². The highest BCUT2D eigenvalue weighted by molar-refractivity contribution is 5.89. The summed E-state index contributed by atoms with van der Waals surface area (Å²) in [5.41, 5.74) is 0.00701. The van der Waals surface area contributed by atoms with Crippen molar-refractivity contribution in [3.05, 3.63) is 35.6 Å². The average molecular weight is 207 g/mol. The summed E-state index contributed by atoms with van der Waals surface area (Å²) in [6.07, 6.45) is 1.43. The molecule has 1 aromatic carbocycles. The number of hydrogen-bond donors (Lipinski definition) is 1. The van der Waals surface area contributed by atoms with E-state index < -0.39 is 5.54 Å². The first-order chi connectivity index (χ1) is 7.13. The monoisotopic (exact) mass is 207 g/mol. The quantitative estimate of drug-likeness (QED) is 0.763. The van der Waals surface area contributed by atoms with Gasteiger partial charge in [-0.05, 0) is 37.6 Å². The maximum atomic E-state index is 13.1. The van der Waals surface area contributed by atoms with Crippen molar-refractivity contribution < 1.29 is 9.18 Å². The highest BCUT2D eigenvalue weighted by Gasteiger charge is 2.36. The summed E-state index contributed by atoms with van der Waals surface area (Å²) in [7, 11) is 0. The van der Waals surface area contributed by atoms with Gasteiger partial charge in [0.1, 0.15) is 11.4 Å². The molecule has 1 fully saturated rings. The largest absolute Gasteiger partial charge is 0.301 e. The van der Waals surface area contributed by atoms with Gasteiger partial charge in [0.25, 0.3) is 0 Å². The van der Waals surface area contributed by atoms with Crippen molar-refractivity contribution in [2.75, 3.05) is 6.54 Å². The predicted molar refractivity (Wildman–Crippen MR) is 56.0 cm³/mol. The molecule has 0 saturated carbocycles. The normalized spacial score (nSPS) is 26.7. The lowest BCUT2D eigenvalue weighted by molar-refractivity contribution is -0.126. The third kappa shape index (κ3) is 1.79. The van der Waals surface area contributed by atoms with E-state index in [9.17, 15) is 9.18 Å². The standard InChI is InChI=1S/C12H14FNO/c1-12(11(15)6-3-7-14-12)9-4-2-5-10(13)8-9/h2,4-5,8,14H,3,6-7H2,1H3. The second-order valence-corrected chi connectivity index (χ2v) is 4.09. The van der Waals surface area contributed by atoms with Crippen LogP contribution in [0.1, 0.15) is 25.3 Å². The van der Waals surface area contributed by atoms with Gasteiger partial charge in [0, 0.05) is 6.42 Å². The van der Waals surface area contributed by atoms with Crippen LogP contribution < -0.4 is 5.32 Å². The Bertz CT molecular complexity index is 391. The highest BCUT2D eigenvalue weighted by Crippen LogP contribution is 2.27. The van der Waals surface area contributed by atoms with Crippen LogP contribution in [0, 0.1) is 5.82 Å². The van der Waals surface area contributed by atoms with Gasteiger partial charge >= 0.3 is 0 Å². The summed E-state index contributed by atoms with van der Waals surface area (Å²) >= 11 is 0. The van der Waals surface area contributed by atoms with E-state index in [-0.39, 0.29) is 11.6 Å². The zero-order valence-electron chi connectivity index (χ0n) is 8.72. The first-order valence-electron chi connectivity index (χ1n) is 5.17. The van der Waals surface area contributed by atoms with Crippen LogP contribution in [0.5, 0.6) is 0 Å². The smallest absolute Gasteiger partial charge is 0.157 e. The number of carbonyl (C=O) groups is 1. The Morgan fingerprint density at radius 1 is 1.47 bits per heavy atom. The van der Waals surface area contributed by atoms with Gasteiger partial charge in [0.2, 0.25) is 0 Å². The number of rotatable bonds is 1. The molecule has 2 nitrogen and oxygen atoms in total. The third-order valence-corrected chi connectivity index (χ3v) is 3.02. The number of ketones is 1. The molecule has 80 valence electrons. The lowest BCUT2D eigenvalue weighted by Gasteiger charge is -2.33. The maximum absolute atomic E-state index is 13.1. The number of Topliss-reactive ketones (excluding diaryl/α,β-unsaturated/α-hetero) is 1. The Morgan fingerprint density at radius 2 is 2.27 bits per heavy atom. The SMILES string of the molecule is CC1(c2cccc(F)c2)NCCCC1=O. The molecule has 0 radical (unpaired) electrons. The Morgan fingerprint density at radius 3 is 2.93 bits per heavy atom. The first kappa shape index (κ1) is 10.3. The molecule has 1 unspecified atom stereocenters. The van der Waals surface area contributed by atoms with Gasteiger partial charge in [-0.25, -0.2) is 4.39 Å². The first-order valence-corrected chi connectivity index (χ1v) is 5.17. The van der Waals surface area contributed by atoms with Crippen LogP contribution in [0.15, 0.2) is 24.3 Å². The molecule has 0 aromatic heterocycles. The zero-order chi connectivity index (χ0) is 10.9. The summed E-state index contributed by atoms with van der Waals surface area (Å²) in [6, 6.07) is 6.25. The van der Waals surface area contributed by atoms with Gasteiger partial charge in [-0.15, -0.1) is 0 Å². The summed E-state index contributed by atoms with van der Waals surface area (Å²) < 4.78 is 13.1. The number of benzene rings is 1. The molecule has 0 aliphatic carbocycles. The summed E-state index contributed by atoms with van der Waals surface area (Å²) in [5, 5.41) is 3.17. The number of nitrogens with one attached hydrogen (secondary N) is 1. The van der Waals surface area contributed by atoms with Gasteiger partial charge in [0.15, 0.2) is 5.78 Å². The van der Waals surface area contributed by atoms with Crippen molar-refractivity contribution in [3.63, 3.8) is 0 Å². The number of halogens is 1. The number of piperidine rings is 1. The zero-order valence-corrected chi connectivity index (χ0v) is 8.72. The van der Waals surface area contributed by atoms with Crippen LogP contribution in [0.25, 0.3) is 0 Å². The van der Waals surface area contributed by atoms with E-state index in [0.717, 1.165) is 13.0 Å². The molecule has 3 heteroatoms. The summed E-state index contributed by atoms with van der Waals surface area (Å²) in [6.45, 7) is 2.63. The molecule has 1 heterocycles. The van der Waals surface area contributed by atoms with Crippen molar-refractivity contribution in [1.82, 2.24) is 5.32 Å². The Balaban J connectivity index is 2.39. The highest BCUT2D eigenvalue weighted by atomic mass is 19.1. The molecule has 0 amide bonds. The van der Waals surface area contributed by atoms with Crippen LogP contribution in [0.3, 0.4) is 0 Å². The average Bonchev–Trinajstić information content (AvgIpc) is 2.23. The van der Waals surface area contributed by atoms with Crippen molar-refractivity contribution >= 4 is 5.78 Å². The lowest BCUT2D eigenvalue weighted by Crippen LogP contribution is -2.50. The van der Waals surface area contributed by atoms with Crippen LogP contribution in [-0.4, -0.2) is 12.3 Å². The van der Waals surface area contributed by atoms with Gasteiger partial charge in [-0.1, -0.05) is 12.1 Å². The molecular weight excluding hydrogens is 193 g/mol. The van der Waals surface area contributed by atoms with Crippen LogP contribution >= 0.6 is 0 Å². The van der Waals surface area contributed by atoms with Crippen molar-refractivity contribution in [1.29, 1.82) is 0 Å². The minimum absolute atomic E-state index is 0.138. The summed E-state index contributed by atoms with van der Waals surface area (Å²) in [4.78, 5) is 11.8. The Hall–Kier alpha value is -1.22. The number of hydrogen-bond acceptors (Lipinski definition) is 2. The topological polar surface area (TPSA) is 29.1 Å². The fourth-order valence-corrected chi connectivity index (χ4v) is 2.00. The van der Waals surface area contributed by atoms with Crippen molar-refractivity contribution in [3.8, 4) is 0 Å². The van der Waals surface area contributed by atoms with E-state index in [2.05, 4.69) is 5.32 Å². The fraction of sp³-hybridized carbons (Fsp3) is 0.417. The van der Waals surface area contributed by atoms with Gasteiger partial charge < -0.3 is 5.32 Å². The van der Waals surface area contributed by atoms with Crippen LogP contribution in [0.2, 0.25) is 0 Å². The van der Waals surface area contributed by atoms with Gasteiger partial charge in [0.05, 0.1) is 0 Å². The van der Waals surface area contributed by atoms with E-state index in [1.165, 1.54) is 12.1 Å². The molecule has 1 N–H and O–H groups in total. The molecule has 15 heavy (non-hydrogen) atoms. The van der Waals surface area contributed by atoms with E-state index in [0.29, 0.717) is 12.0 Å². The second kappa shape index (κ2) is 3.74. The van der Waals surface area contributed by atoms with Crippen molar-refractivity contribution in [2.45, 2.75) is 25.3 Å². The Kier molecular flexibility index (Phi) is 2.57. The van der Waals surface area contributed by atoms with Crippen LogP contribution in [-0.2, 0) is 10.3 Å². The third-order valence-electron chi connectivity index (χ3n) is 3.02. The number of carbonyl (C=O) groups excluding carboxylic acids is 1. The fourth-order valence-electron chi connectivity index (χ4n) is 2.00. The molecule has 2 rings (SSSR count). The van der Waals surface area contributed by atoms with Gasteiger partial charge in [-0.2, -0.15) is 0 Å². The minimum atomic E-state index is -0.708. The molecule has 1 aliphatic rings. The maximum Gasteiger partial charge on any atom is 0.157 e. The van der Waals surface area contributed by atoms with E-state index in [1.54, 1.807) is 12.1 Å². The molecule has 0 bridgehead atoms. The van der Waals surface area contributed by atoms with Gasteiger partial charge in [-0.3, -0.25) is 4.79 Å². The molecule has 1 aromatic rings. The van der Waals surface area contributed by atoms with E-state index in [4.69, 9.17) is 0 Å². The summed E-state index contributed by atoms with van der Waals surface area (Å²) in [5.74, 6) is -0.159. The molecule has 0 spiro atoms. The lowest BCUT2D eigenvalue weighted by atomic mass is 9.83. The Labute approximate surface area is 88.5 Å².